The predicted octanol–water partition coefficient (Wildman–Crippen LogP) is 3.83. The molecule has 1 aromatic rings. The van der Waals surface area contributed by atoms with Gasteiger partial charge in [-0.3, -0.25) is 4.90 Å². The van der Waals surface area contributed by atoms with Crippen molar-refractivity contribution in [1.29, 1.82) is 0 Å². The molecular formula is C16H28Cl2N2. The Hall–Kier alpha value is -0.280. The van der Waals surface area contributed by atoms with Gasteiger partial charge in [-0.15, -0.1) is 24.8 Å². The van der Waals surface area contributed by atoms with Crippen molar-refractivity contribution in [3.63, 3.8) is 0 Å². The average molecular weight is 319 g/mol. The molecule has 0 aromatic heterocycles. The van der Waals surface area contributed by atoms with E-state index in [1.807, 2.05) is 0 Å². The molecule has 1 heterocycles. The van der Waals surface area contributed by atoms with Crippen molar-refractivity contribution in [1.82, 2.24) is 10.2 Å². The highest BCUT2D eigenvalue weighted by Crippen LogP contribution is 2.32. The first-order valence-electron chi connectivity index (χ1n) is 7.24. The van der Waals surface area contributed by atoms with Gasteiger partial charge in [-0.25, -0.2) is 0 Å². The van der Waals surface area contributed by atoms with E-state index in [0.29, 0.717) is 12.0 Å². The lowest BCUT2D eigenvalue weighted by molar-refractivity contribution is 0.128. The number of nitrogens with zero attached hydrogens (tertiary/aromatic N) is 1. The van der Waals surface area contributed by atoms with Gasteiger partial charge in [-0.2, -0.15) is 0 Å². The largest absolute Gasteiger partial charge is 0.314 e. The smallest absolute Gasteiger partial charge is 0.0377 e. The van der Waals surface area contributed by atoms with Gasteiger partial charge in [0.2, 0.25) is 0 Å². The number of hydrogen-bond acceptors (Lipinski definition) is 2. The van der Waals surface area contributed by atoms with Crippen LogP contribution in [0.15, 0.2) is 24.3 Å². The van der Waals surface area contributed by atoms with Crippen LogP contribution in [0.2, 0.25) is 0 Å². The minimum atomic E-state index is 0. The summed E-state index contributed by atoms with van der Waals surface area (Å²) in [5, 5.41) is 3.45. The number of piperazine rings is 1. The van der Waals surface area contributed by atoms with Crippen LogP contribution in [0.3, 0.4) is 0 Å². The molecule has 2 atom stereocenters. The third-order valence-electron chi connectivity index (χ3n) is 4.24. The van der Waals surface area contributed by atoms with Crippen LogP contribution in [0.1, 0.15) is 37.4 Å². The fraction of sp³-hybridized carbons (Fsp3) is 0.625. The summed E-state index contributed by atoms with van der Waals surface area (Å²) in [7, 11) is 0. The first-order chi connectivity index (χ1) is 8.74. The molecule has 0 amide bonds. The molecule has 1 unspecified atom stereocenters. The predicted molar refractivity (Wildman–Crippen MR) is 92.3 cm³/mol. The normalized spacial score (nSPS) is 18.6. The Morgan fingerprint density at radius 2 is 1.75 bits per heavy atom. The molecule has 0 aliphatic carbocycles. The van der Waals surface area contributed by atoms with Gasteiger partial charge >= 0.3 is 0 Å². The van der Waals surface area contributed by atoms with Crippen molar-refractivity contribution < 1.29 is 0 Å². The van der Waals surface area contributed by atoms with Gasteiger partial charge < -0.3 is 5.32 Å². The number of halogens is 2. The summed E-state index contributed by atoms with van der Waals surface area (Å²) in [6.45, 7) is 11.5. The van der Waals surface area contributed by atoms with E-state index in [1.54, 1.807) is 0 Å². The Balaban J connectivity index is 0.00000180. The van der Waals surface area contributed by atoms with E-state index in [4.69, 9.17) is 0 Å². The molecule has 1 aromatic carbocycles. The third kappa shape index (κ3) is 4.63. The van der Waals surface area contributed by atoms with Crippen molar-refractivity contribution in [3.8, 4) is 0 Å². The van der Waals surface area contributed by atoms with E-state index < -0.39 is 0 Å². The van der Waals surface area contributed by atoms with E-state index in [9.17, 15) is 0 Å². The fourth-order valence-electron chi connectivity index (χ4n) is 2.97. The number of rotatable bonds is 4. The Morgan fingerprint density at radius 1 is 1.15 bits per heavy atom. The minimum absolute atomic E-state index is 0. The molecule has 0 bridgehead atoms. The van der Waals surface area contributed by atoms with Crippen molar-refractivity contribution >= 4 is 24.8 Å². The van der Waals surface area contributed by atoms with Crippen LogP contribution in [0.25, 0.3) is 0 Å². The maximum absolute atomic E-state index is 3.45. The van der Waals surface area contributed by atoms with Gasteiger partial charge in [0.1, 0.15) is 0 Å². The maximum atomic E-state index is 3.45. The van der Waals surface area contributed by atoms with Crippen LogP contribution in [-0.2, 0) is 0 Å². The van der Waals surface area contributed by atoms with Crippen LogP contribution in [0, 0.1) is 12.8 Å². The lowest BCUT2D eigenvalue weighted by Crippen LogP contribution is -2.46. The molecule has 2 nitrogen and oxygen atoms in total. The van der Waals surface area contributed by atoms with Gasteiger partial charge in [-0.05, 0) is 24.0 Å². The molecule has 116 valence electrons. The highest BCUT2D eigenvalue weighted by Gasteiger charge is 2.27. The van der Waals surface area contributed by atoms with Crippen LogP contribution >= 0.6 is 24.8 Å². The molecule has 1 saturated heterocycles. The Morgan fingerprint density at radius 3 is 2.30 bits per heavy atom. The quantitative estimate of drug-likeness (QED) is 0.907. The summed E-state index contributed by atoms with van der Waals surface area (Å²) in [5.74, 6) is 0.712. The fourth-order valence-corrected chi connectivity index (χ4v) is 2.97. The molecule has 0 spiro atoms. The summed E-state index contributed by atoms with van der Waals surface area (Å²) in [5.41, 5.74) is 2.95. The average Bonchev–Trinajstić information content (AvgIpc) is 2.42. The van der Waals surface area contributed by atoms with Gasteiger partial charge in [-0.1, -0.05) is 44.5 Å². The molecule has 4 heteroatoms. The van der Waals surface area contributed by atoms with Crippen molar-refractivity contribution in [3.05, 3.63) is 35.4 Å². The molecule has 0 radical (unpaired) electrons. The number of hydrogen-bond donors (Lipinski definition) is 1. The first-order valence-corrected chi connectivity index (χ1v) is 7.24. The van der Waals surface area contributed by atoms with Gasteiger partial charge in [0.05, 0.1) is 0 Å². The van der Waals surface area contributed by atoms with E-state index in [0.717, 1.165) is 13.1 Å². The molecule has 1 aliphatic rings. The van der Waals surface area contributed by atoms with Gasteiger partial charge in [0, 0.05) is 32.2 Å². The summed E-state index contributed by atoms with van der Waals surface area (Å²) >= 11 is 0. The molecule has 1 aliphatic heterocycles. The van der Waals surface area contributed by atoms with E-state index in [2.05, 4.69) is 55.3 Å². The van der Waals surface area contributed by atoms with E-state index in [-0.39, 0.29) is 24.8 Å². The van der Waals surface area contributed by atoms with Gasteiger partial charge in [0.25, 0.3) is 0 Å². The maximum Gasteiger partial charge on any atom is 0.0377 e. The van der Waals surface area contributed by atoms with E-state index in [1.165, 1.54) is 30.6 Å². The molecular weight excluding hydrogens is 291 g/mol. The SMILES string of the molecule is CCC(C)[C@@H](c1ccccc1C)N1CCNCC1.Cl.Cl. The summed E-state index contributed by atoms with van der Waals surface area (Å²) in [4.78, 5) is 2.66. The highest BCUT2D eigenvalue weighted by atomic mass is 35.5. The number of benzene rings is 1. The monoisotopic (exact) mass is 318 g/mol. The molecule has 0 saturated carbocycles. The van der Waals surface area contributed by atoms with Crippen LogP contribution in [0.4, 0.5) is 0 Å². The molecule has 20 heavy (non-hydrogen) atoms. The summed E-state index contributed by atoms with van der Waals surface area (Å²) < 4.78 is 0. The topological polar surface area (TPSA) is 15.3 Å². The van der Waals surface area contributed by atoms with Crippen molar-refractivity contribution in [2.24, 2.45) is 5.92 Å². The second-order valence-corrected chi connectivity index (χ2v) is 5.47. The van der Waals surface area contributed by atoms with E-state index >= 15 is 0 Å². The summed E-state index contributed by atoms with van der Waals surface area (Å²) in [6.07, 6.45) is 1.24. The van der Waals surface area contributed by atoms with Crippen molar-refractivity contribution in [2.45, 2.75) is 33.2 Å². The number of aryl methyl sites for hydroxylation is 1. The zero-order chi connectivity index (χ0) is 13.0. The first kappa shape index (κ1) is 19.7. The zero-order valence-corrected chi connectivity index (χ0v) is 14.4. The zero-order valence-electron chi connectivity index (χ0n) is 12.8. The Kier molecular flexibility index (Phi) is 9.48. The van der Waals surface area contributed by atoms with Crippen molar-refractivity contribution in [2.75, 3.05) is 26.2 Å². The lowest BCUT2D eigenvalue weighted by Gasteiger charge is -2.39. The van der Waals surface area contributed by atoms with Crippen LogP contribution in [-0.4, -0.2) is 31.1 Å². The second kappa shape index (κ2) is 9.62. The minimum Gasteiger partial charge on any atom is -0.314 e. The molecule has 2 rings (SSSR count). The lowest BCUT2D eigenvalue weighted by atomic mass is 9.88. The number of nitrogens with one attached hydrogen (secondary N) is 1. The standard InChI is InChI=1S/C16H26N2.2ClH/c1-4-13(2)16(18-11-9-17-10-12-18)15-8-6-5-7-14(15)3;;/h5-8,13,16-17H,4,9-12H2,1-3H3;2*1H/t13?,16-;;/m0../s1. The summed E-state index contributed by atoms with van der Waals surface area (Å²) in [6, 6.07) is 9.46. The molecule has 1 fully saturated rings. The third-order valence-corrected chi connectivity index (χ3v) is 4.24. The highest BCUT2D eigenvalue weighted by molar-refractivity contribution is 5.85. The van der Waals surface area contributed by atoms with Crippen LogP contribution in [0.5, 0.6) is 0 Å². The second-order valence-electron chi connectivity index (χ2n) is 5.47. The van der Waals surface area contributed by atoms with Crippen LogP contribution < -0.4 is 5.32 Å². The van der Waals surface area contributed by atoms with Gasteiger partial charge in [0.15, 0.2) is 0 Å². The Labute approximate surface area is 136 Å². The molecule has 1 N–H and O–H groups in total. The Bertz CT molecular complexity index is 378.